The largest absolute Gasteiger partial charge is 0.378 e. The Kier molecular flexibility index (Phi) is 5.04. The molecule has 2 heterocycles. The number of hydrogen-bond donors (Lipinski definition) is 1. The van der Waals surface area contributed by atoms with E-state index in [4.69, 9.17) is 9.47 Å². The van der Waals surface area contributed by atoms with E-state index in [1.165, 1.54) is 0 Å². The highest BCUT2D eigenvalue weighted by molar-refractivity contribution is 5.26. The van der Waals surface area contributed by atoms with Crippen molar-refractivity contribution in [2.75, 3.05) is 59.7 Å². The fourth-order valence-corrected chi connectivity index (χ4v) is 2.30. The quantitative estimate of drug-likeness (QED) is 0.755. The number of nitrogens with one attached hydrogen (secondary N) is 1. The predicted molar refractivity (Wildman–Crippen MR) is 71.1 cm³/mol. The van der Waals surface area contributed by atoms with Gasteiger partial charge in [0.1, 0.15) is 5.82 Å². The second-order valence-corrected chi connectivity index (χ2v) is 4.56. The van der Waals surface area contributed by atoms with Crippen LogP contribution in [0.15, 0.2) is 23.9 Å². The number of halogens is 1. The van der Waals surface area contributed by atoms with Crippen molar-refractivity contribution >= 4 is 0 Å². The molecule has 0 amide bonds. The summed E-state index contributed by atoms with van der Waals surface area (Å²) in [7, 11) is 1.73. The minimum absolute atomic E-state index is 0.286. The van der Waals surface area contributed by atoms with Crippen molar-refractivity contribution < 1.29 is 13.9 Å². The summed E-state index contributed by atoms with van der Waals surface area (Å²) in [6, 6.07) is 0. The van der Waals surface area contributed by atoms with Gasteiger partial charge in [-0.3, -0.25) is 0 Å². The minimum Gasteiger partial charge on any atom is -0.378 e. The van der Waals surface area contributed by atoms with Crippen LogP contribution in [0.4, 0.5) is 4.39 Å². The van der Waals surface area contributed by atoms with Crippen LogP contribution in [-0.2, 0) is 9.47 Å². The molecule has 0 aromatic rings. The molecule has 2 saturated heterocycles. The maximum absolute atomic E-state index is 14.6. The Labute approximate surface area is 113 Å². The molecular weight excluding hydrogens is 249 g/mol. The van der Waals surface area contributed by atoms with Gasteiger partial charge >= 0.3 is 0 Å². The van der Waals surface area contributed by atoms with E-state index in [9.17, 15) is 4.39 Å². The zero-order valence-corrected chi connectivity index (χ0v) is 11.5. The molecule has 0 aliphatic carbocycles. The first-order valence-electron chi connectivity index (χ1n) is 6.66. The molecule has 0 aromatic heterocycles. The van der Waals surface area contributed by atoms with Gasteiger partial charge in [0.25, 0.3) is 0 Å². The van der Waals surface area contributed by atoms with E-state index >= 15 is 0 Å². The number of ether oxygens (including phenoxy) is 2. The standard InChI is InChI=1S/C13H22FN3O2/c1-11(16-3-7-18-8-4-16)12(14)13(15-2)17-5-9-19-10-6-17/h15H,1,3-10H2,2H3/b13-12-. The Morgan fingerprint density at radius 2 is 1.47 bits per heavy atom. The summed E-state index contributed by atoms with van der Waals surface area (Å²) in [6.07, 6.45) is 0. The van der Waals surface area contributed by atoms with Crippen LogP contribution in [0.3, 0.4) is 0 Å². The lowest BCUT2D eigenvalue weighted by molar-refractivity contribution is 0.0462. The highest BCUT2D eigenvalue weighted by atomic mass is 19.1. The molecule has 0 atom stereocenters. The van der Waals surface area contributed by atoms with E-state index in [0.29, 0.717) is 64.1 Å². The van der Waals surface area contributed by atoms with E-state index in [-0.39, 0.29) is 5.83 Å². The molecule has 19 heavy (non-hydrogen) atoms. The molecule has 2 aliphatic heterocycles. The van der Waals surface area contributed by atoms with Gasteiger partial charge in [-0.1, -0.05) is 6.58 Å². The third-order valence-electron chi connectivity index (χ3n) is 3.42. The molecule has 0 unspecified atom stereocenters. The Bertz CT molecular complexity index is 348. The smallest absolute Gasteiger partial charge is 0.185 e. The molecule has 2 rings (SSSR count). The van der Waals surface area contributed by atoms with Crippen LogP contribution in [0, 0.1) is 0 Å². The Morgan fingerprint density at radius 3 is 1.95 bits per heavy atom. The summed E-state index contributed by atoms with van der Waals surface area (Å²) in [4.78, 5) is 3.89. The van der Waals surface area contributed by atoms with E-state index in [2.05, 4.69) is 11.9 Å². The molecule has 0 aromatic carbocycles. The summed E-state index contributed by atoms with van der Waals surface area (Å²) in [6.45, 7) is 9.15. The van der Waals surface area contributed by atoms with E-state index in [1.54, 1.807) is 7.05 Å². The normalized spacial score (nSPS) is 22.0. The predicted octanol–water partition coefficient (Wildman–Crippen LogP) is 0.523. The van der Waals surface area contributed by atoms with Crippen LogP contribution in [0.2, 0.25) is 0 Å². The maximum Gasteiger partial charge on any atom is 0.185 e. The number of nitrogens with zero attached hydrogens (tertiary/aromatic N) is 2. The zero-order chi connectivity index (χ0) is 13.7. The second-order valence-electron chi connectivity index (χ2n) is 4.56. The van der Waals surface area contributed by atoms with Crippen molar-refractivity contribution in [3.63, 3.8) is 0 Å². The average molecular weight is 271 g/mol. The first kappa shape index (κ1) is 14.1. The van der Waals surface area contributed by atoms with Crippen molar-refractivity contribution in [3.05, 3.63) is 23.9 Å². The highest BCUT2D eigenvalue weighted by Crippen LogP contribution is 2.21. The van der Waals surface area contributed by atoms with Gasteiger partial charge in [0, 0.05) is 33.2 Å². The molecule has 0 saturated carbocycles. The molecule has 0 bridgehead atoms. The number of rotatable bonds is 4. The van der Waals surface area contributed by atoms with Crippen molar-refractivity contribution in [1.82, 2.24) is 15.1 Å². The van der Waals surface area contributed by atoms with E-state index < -0.39 is 0 Å². The first-order valence-corrected chi connectivity index (χ1v) is 6.66. The van der Waals surface area contributed by atoms with Crippen molar-refractivity contribution in [3.8, 4) is 0 Å². The van der Waals surface area contributed by atoms with E-state index in [1.807, 2.05) is 9.80 Å². The summed E-state index contributed by atoms with van der Waals surface area (Å²) in [5.74, 6) is 0.214. The minimum atomic E-state index is -0.286. The Balaban J connectivity index is 2.09. The zero-order valence-electron chi connectivity index (χ0n) is 11.5. The van der Waals surface area contributed by atoms with Crippen LogP contribution in [0.25, 0.3) is 0 Å². The molecule has 0 spiro atoms. The van der Waals surface area contributed by atoms with Gasteiger partial charge in [-0.25, -0.2) is 4.39 Å². The molecule has 1 N–H and O–H groups in total. The van der Waals surface area contributed by atoms with Gasteiger partial charge in [0.05, 0.1) is 32.1 Å². The van der Waals surface area contributed by atoms with Gasteiger partial charge in [-0.2, -0.15) is 0 Å². The van der Waals surface area contributed by atoms with Crippen LogP contribution >= 0.6 is 0 Å². The van der Waals surface area contributed by atoms with Gasteiger partial charge < -0.3 is 24.6 Å². The summed E-state index contributed by atoms with van der Waals surface area (Å²) < 4.78 is 25.1. The maximum atomic E-state index is 14.6. The monoisotopic (exact) mass is 271 g/mol. The Morgan fingerprint density at radius 1 is 1.00 bits per heavy atom. The fraction of sp³-hybridized carbons (Fsp3) is 0.692. The number of morpholine rings is 2. The number of allylic oxidation sites excluding steroid dienone is 1. The molecule has 0 radical (unpaired) electrons. The topological polar surface area (TPSA) is 37.0 Å². The number of hydrogen-bond acceptors (Lipinski definition) is 5. The highest BCUT2D eigenvalue weighted by Gasteiger charge is 2.22. The third kappa shape index (κ3) is 3.39. The third-order valence-corrected chi connectivity index (χ3v) is 3.42. The summed E-state index contributed by atoms with van der Waals surface area (Å²) >= 11 is 0. The summed E-state index contributed by atoms with van der Waals surface area (Å²) in [5, 5.41) is 2.95. The molecule has 5 nitrogen and oxygen atoms in total. The van der Waals surface area contributed by atoms with Crippen LogP contribution in [0.5, 0.6) is 0 Å². The van der Waals surface area contributed by atoms with Gasteiger partial charge in [-0.15, -0.1) is 0 Å². The lowest BCUT2D eigenvalue weighted by Crippen LogP contribution is -2.41. The van der Waals surface area contributed by atoms with Gasteiger partial charge in [0.2, 0.25) is 0 Å². The van der Waals surface area contributed by atoms with Crippen molar-refractivity contribution in [1.29, 1.82) is 0 Å². The Hall–Kier alpha value is -1.27. The molecule has 108 valence electrons. The SMILES string of the molecule is C=C(/C(F)=C(\NC)N1CCOCC1)N1CCOCC1. The fourth-order valence-electron chi connectivity index (χ4n) is 2.30. The molecule has 2 fully saturated rings. The van der Waals surface area contributed by atoms with E-state index in [0.717, 1.165) is 0 Å². The molecule has 6 heteroatoms. The summed E-state index contributed by atoms with van der Waals surface area (Å²) in [5.41, 5.74) is 0.430. The lowest BCUT2D eigenvalue weighted by atomic mass is 10.3. The lowest BCUT2D eigenvalue weighted by Gasteiger charge is -2.34. The van der Waals surface area contributed by atoms with Crippen molar-refractivity contribution in [2.24, 2.45) is 0 Å². The molecular formula is C13H22FN3O2. The van der Waals surface area contributed by atoms with Crippen LogP contribution < -0.4 is 5.32 Å². The van der Waals surface area contributed by atoms with Gasteiger partial charge in [0.15, 0.2) is 5.83 Å². The van der Waals surface area contributed by atoms with Crippen LogP contribution in [0.1, 0.15) is 0 Å². The second kappa shape index (κ2) is 6.77. The van der Waals surface area contributed by atoms with Gasteiger partial charge in [-0.05, 0) is 0 Å². The van der Waals surface area contributed by atoms with Crippen molar-refractivity contribution in [2.45, 2.75) is 0 Å². The first-order chi connectivity index (χ1) is 9.24. The average Bonchev–Trinajstić information content (AvgIpc) is 2.49. The molecule has 2 aliphatic rings. The van der Waals surface area contributed by atoms with Crippen LogP contribution in [-0.4, -0.2) is 69.5 Å².